The average Bonchev–Trinajstić information content (AvgIpc) is 3.09. The Morgan fingerprint density at radius 3 is 2.74 bits per heavy atom. The Kier molecular flexibility index (Phi) is 5.62. The van der Waals surface area contributed by atoms with Gasteiger partial charge in [0.2, 0.25) is 0 Å². The number of hydrogen-bond donors (Lipinski definition) is 2. The Morgan fingerprint density at radius 1 is 1.26 bits per heavy atom. The monoisotopic (exact) mass is 383 g/mol. The lowest BCUT2D eigenvalue weighted by Gasteiger charge is -2.12. The summed E-state index contributed by atoms with van der Waals surface area (Å²) >= 11 is 5.30. The number of thiocarbonyl (C=S) groups is 1. The summed E-state index contributed by atoms with van der Waals surface area (Å²) in [6.45, 7) is 0.652. The van der Waals surface area contributed by atoms with Gasteiger partial charge in [-0.2, -0.15) is 5.10 Å². The molecule has 0 saturated heterocycles. The second-order valence-electron chi connectivity index (χ2n) is 5.63. The minimum atomic E-state index is -0.482. The van der Waals surface area contributed by atoms with Crippen molar-refractivity contribution in [3.05, 3.63) is 76.6 Å². The van der Waals surface area contributed by atoms with Gasteiger partial charge < -0.3 is 15.4 Å². The molecule has 2 N–H and O–H groups in total. The highest BCUT2D eigenvalue weighted by Gasteiger charge is 2.12. The number of nitro benzene ring substituents is 1. The SMILES string of the molecule is COc1cc([N+](=O)[O-])ccc1NC(=S)Nc1cnn(Cc2ccccc2)c1. The smallest absolute Gasteiger partial charge is 0.273 e. The van der Waals surface area contributed by atoms with Gasteiger partial charge in [0.1, 0.15) is 5.75 Å². The molecule has 9 heteroatoms. The quantitative estimate of drug-likeness (QED) is 0.381. The molecule has 0 atom stereocenters. The van der Waals surface area contributed by atoms with Crippen molar-refractivity contribution in [1.82, 2.24) is 9.78 Å². The first-order chi connectivity index (χ1) is 13.0. The van der Waals surface area contributed by atoms with Crippen LogP contribution < -0.4 is 15.4 Å². The number of non-ortho nitro benzene ring substituents is 1. The number of rotatable bonds is 6. The molecule has 0 spiro atoms. The Morgan fingerprint density at radius 2 is 2.04 bits per heavy atom. The number of anilines is 2. The fourth-order valence-corrected chi connectivity index (χ4v) is 2.69. The largest absolute Gasteiger partial charge is 0.494 e. The van der Waals surface area contributed by atoms with Gasteiger partial charge in [0.15, 0.2) is 5.11 Å². The van der Waals surface area contributed by atoms with Crippen molar-refractivity contribution in [2.75, 3.05) is 17.7 Å². The molecule has 1 aromatic heterocycles. The normalized spacial score (nSPS) is 10.3. The number of ether oxygens (including phenoxy) is 1. The third-order valence-corrected chi connectivity index (χ3v) is 3.93. The third-order valence-electron chi connectivity index (χ3n) is 3.72. The number of hydrogen-bond acceptors (Lipinski definition) is 5. The van der Waals surface area contributed by atoms with Crippen molar-refractivity contribution in [3.63, 3.8) is 0 Å². The van der Waals surface area contributed by atoms with E-state index in [-0.39, 0.29) is 5.69 Å². The van der Waals surface area contributed by atoms with E-state index in [1.165, 1.54) is 19.2 Å². The van der Waals surface area contributed by atoms with E-state index in [1.54, 1.807) is 16.9 Å². The van der Waals surface area contributed by atoms with Crippen LogP contribution in [0, 0.1) is 10.1 Å². The Bertz CT molecular complexity index is 959. The van der Waals surface area contributed by atoms with Crippen LogP contribution in [0.4, 0.5) is 17.1 Å². The summed E-state index contributed by atoms with van der Waals surface area (Å²) in [6.07, 6.45) is 3.51. The summed E-state index contributed by atoms with van der Waals surface area (Å²) < 4.78 is 6.99. The molecule has 0 fully saturated rings. The van der Waals surface area contributed by atoms with Crippen LogP contribution in [0.15, 0.2) is 60.9 Å². The summed E-state index contributed by atoms with van der Waals surface area (Å²) in [7, 11) is 1.44. The van der Waals surface area contributed by atoms with Crippen LogP contribution in [-0.2, 0) is 6.54 Å². The lowest BCUT2D eigenvalue weighted by molar-refractivity contribution is -0.384. The summed E-state index contributed by atoms with van der Waals surface area (Å²) in [4.78, 5) is 10.4. The van der Waals surface area contributed by atoms with E-state index in [0.717, 1.165) is 11.3 Å². The van der Waals surface area contributed by atoms with Gasteiger partial charge in [-0.25, -0.2) is 0 Å². The van der Waals surface area contributed by atoms with Crippen molar-refractivity contribution in [2.45, 2.75) is 6.54 Å². The maximum Gasteiger partial charge on any atom is 0.273 e. The number of benzene rings is 2. The molecule has 8 nitrogen and oxygen atoms in total. The van der Waals surface area contributed by atoms with Crippen molar-refractivity contribution in [3.8, 4) is 5.75 Å². The molecular weight excluding hydrogens is 366 g/mol. The first-order valence-electron chi connectivity index (χ1n) is 8.02. The van der Waals surface area contributed by atoms with Gasteiger partial charge in [0.25, 0.3) is 5.69 Å². The molecule has 3 rings (SSSR count). The maximum absolute atomic E-state index is 10.9. The summed E-state index contributed by atoms with van der Waals surface area (Å²) in [5.41, 5.74) is 2.34. The maximum atomic E-state index is 10.9. The summed E-state index contributed by atoms with van der Waals surface area (Å²) in [6, 6.07) is 14.3. The second kappa shape index (κ2) is 8.28. The number of aromatic nitrogens is 2. The molecule has 2 aromatic carbocycles. The van der Waals surface area contributed by atoms with Gasteiger partial charge in [-0.15, -0.1) is 0 Å². The first-order valence-corrected chi connectivity index (χ1v) is 8.43. The molecule has 27 heavy (non-hydrogen) atoms. The molecule has 0 aliphatic carbocycles. The van der Waals surface area contributed by atoms with Crippen molar-refractivity contribution >= 4 is 34.4 Å². The number of nitrogens with one attached hydrogen (secondary N) is 2. The van der Waals surface area contributed by atoms with Gasteiger partial charge in [0, 0.05) is 12.3 Å². The predicted molar refractivity (Wildman–Crippen MR) is 107 cm³/mol. The predicted octanol–water partition coefficient (Wildman–Crippen LogP) is 3.66. The molecule has 3 aromatic rings. The minimum Gasteiger partial charge on any atom is -0.494 e. The van der Waals surface area contributed by atoms with Crippen LogP contribution >= 0.6 is 12.2 Å². The molecule has 138 valence electrons. The van der Waals surface area contributed by atoms with Crippen LogP contribution in [0.5, 0.6) is 5.75 Å². The zero-order valence-electron chi connectivity index (χ0n) is 14.5. The Labute approximate surface area is 160 Å². The Hall–Kier alpha value is -3.46. The lowest BCUT2D eigenvalue weighted by atomic mass is 10.2. The fraction of sp³-hybridized carbons (Fsp3) is 0.111. The molecule has 0 radical (unpaired) electrons. The van der Waals surface area contributed by atoms with E-state index in [9.17, 15) is 10.1 Å². The van der Waals surface area contributed by atoms with Crippen molar-refractivity contribution in [2.24, 2.45) is 0 Å². The van der Waals surface area contributed by atoms with Crippen LogP contribution in [0.1, 0.15) is 5.56 Å². The standard InChI is InChI=1S/C18H17N5O3S/c1-26-17-9-15(23(24)25)7-8-16(17)21-18(27)20-14-10-19-22(12-14)11-13-5-3-2-4-6-13/h2-10,12H,11H2,1H3,(H2,20,21,27). The highest BCUT2D eigenvalue weighted by Crippen LogP contribution is 2.29. The van der Waals surface area contributed by atoms with Gasteiger partial charge in [-0.05, 0) is 23.8 Å². The topological polar surface area (TPSA) is 94.2 Å². The zero-order chi connectivity index (χ0) is 19.2. The molecule has 0 aliphatic rings. The van der Waals surface area contributed by atoms with Gasteiger partial charge >= 0.3 is 0 Å². The van der Waals surface area contributed by atoms with Crippen LogP contribution in [0.3, 0.4) is 0 Å². The fourth-order valence-electron chi connectivity index (χ4n) is 2.47. The zero-order valence-corrected chi connectivity index (χ0v) is 15.3. The van der Waals surface area contributed by atoms with Gasteiger partial charge in [-0.1, -0.05) is 30.3 Å². The molecule has 0 bridgehead atoms. The van der Waals surface area contributed by atoms with Crippen LogP contribution in [0.2, 0.25) is 0 Å². The summed E-state index contributed by atoms with van der Waals surface area (Å²) in [5, 5.41) is 21.5. The van der Waals surface area contributed by atoms with Crippen molar-refractivity contribution in [1.29, 1.82) is 0 Å². The van der Waals surface area contributed by atoms with E-state index in [1.807, 2.05) is 36.5 Å². The van der Waals surface area contributed by atoms with E-state index in [2.05, 4.69) is 15.7 Å². The van der Waals surface area contributed by atoms with E-state index in [0.29, 0.717) is 23.1 Å². The first kappa shape index (κ1) is 18.3. The highest BCUT2D eigenvalue weighted by molar-refractivity contribution is 7.80. The average molecular weight is 383 g/mol. The van der Waals surface area contributed by atoms with Crippen molar-refractivity contribution < 1.29 is 9.66 Å². The molecule has 1 heterocycles. The van der Waals surface area contributed by atoms with E-state index in [4.69, 9.17) is 17.0 Å². The van der Waals surface area contributed by atoms with Crippen LogP contribution in [0.25, 0.3) is 0 Å². The lowest BCUT2D eigenvalue weighted by Crippen LogP contribution is -2.19. The molecule has 0 amide bonds. The Balaban J connectivity index is 1.64. The highest BCUT2D eigenvalue weighted by atomic mass is 32.1. The van der Waals surface area contributed by atoms with Crippen LogP contribution in [-0.4, -0.2) is 26.9 Å². The minimum absolute atomic E-state index is 0.0570. The molecular formula is C18H17N5O3S. The molecule has 0 aliphatic heterocycles. The van der Waals surface area contributed by atoms with Gasteiger partial charge in [0.05, 0.1) is 42.2 Å². The van der Waals surface area contributed by atoms with E-state index >= 15 is 0 Å². The van der Waals surface area contributed by atoms with E-state index < -0.39 is 4.92 Å². The molecule has 0 saturated carbocycles. The van der Waals surface area contributed by atoms with Gasteiger partial charge in [-0.3, -0.25) is 14.8 Å². The molecule has 0 unspecified atom stereocenters. The third kappa shape index (κ3) is 4.79. The second-order valence-corrected chi connectivity index (χ2v) is 6.04. The number of nitrogens with zero attached hydrogens (tertiary/aromatic N) is 3. The number of nitro groups is 1. The number of methoxy groups -OCH3 is 1. The summed E-state index contributed by atoms with van der Waals surface area (Å²) in [5.74, 6) is 0.327.